The Bertz CT molecular complexity index is 559. The van der Waals surface area contributed by atoms with E-state index in [4.69, 9.17) is 5.11 Å². The molecular weight excluding hydrogens is 256 g/mol. The minimum atomic E-state index is 0.174. The molecule has 0 aliphatic carbocycles. The van der Waals surface area contributed by atoms with Crippen LogP contribution in [0.2, 0.25) is 0 Å². The molecule has 0 aliphatic heterocycles. The molecule has 0 unspecified atom stereocenters. The number of nitrogens with one attached hydrogen (secondary N) is 1. The Kier molecular flexibility index (Phi) is 4.86. The molecular formula is C13H22N6O. The zero-order valence-electron chi connectivity index (χ0n) is 12.3. The highest BCUT2D eigenvalue weighted by Crippen LogP contribution is 2.11. The summed E-state index contributed by atoms with van der Waals surface area (Å²) in [6.07, 6.45) is 2.61. The van der Waals surface area contributed by atoms with E-state index in [1.807, 2.05) is 24.9 Å². The highest BCUT2D eigenvalue weighted by molar-refractivity contribution is 5.24. The normalized spacial score (nSPS) is 11.2. The standard InChI is InChI=1S/C13H22N6O/c1-10-13(11(2)18(3)16-10)8-14-7-12-9-19(17-15-12)5-4-6-20/h9,14,20H,4-8H2,1-3H3. The molecule has 7 heteroatoms. The van der Waals surface area contributed by atoms with Crippen LogP contribution in [0, 0.1) is 13.8 Å². The van der Waals surface area contributed by atoms with E-state index in [9.17, 15) is 0 Å². The van der Waals surface area contributed by atoms with Crippen LogP contribution in [0.5, 0.6) is 0 Å². The summed E-state index contributed by atoms with van der Waals surface area (Å²) in [4.78, 5) is 0. The first-order valence-electron chi connectivity index (χ1n) is 6.81. The van der Waals surface area contributed by atoms with Crippen molar-refractivity contribution in [3.63, 3.8) is 0 Å². The molecule has 2 heterocycles. The van der Waals surface area contributed by atoms with Crippen molar-refractivity contribution < 1.29 is 5.11 Å². The number of rotatable bonds is 7. The van der Waals surface area contributed by atoms with E-state index in [0.717, 1.165) is 17.9 Å². The Morgan fingerprint density at radius 1 is 1.30 bits per heavy atom. The van der Waals surface area contributed by atoms with Crippen molar-refractivity contribution in [3.8, 4) is 0 Å². The molecule has 0 spiro atoms. The zero-order chi connectivity index (χ0) is 14.5. The van der Waals surface area contributed by atoms with Gasteiger partial charge in [-0.25, -0.2) is 0 Å². The highest BCUT2D eigenvalue weighted by atomic mass is 16.3. The molecule has 2 N–H and O–H groups in total. The van der Waals surface area contributed by atoms with Crippen LogP contribution < -0.4 is 5.32 Å². The third-order valence-corrected chi connectivity index (χ3v) is 3.40. The van der Waals surface area contributed by atoms with Gasteiger partial charge in [0.15, 0.2) is 0 Å². The van der Waals surface area contributed by atoms with Crippen LogP contribution in [0.1, 0.15) is 29.1 Å². The van der Waals surface area contributed by atoms with E-state index in [0.29, 0.717) is 19.5 Å². The van der Waals surface area contributed by atoms with Gasteiger partial charge in [0.1, 0.15) is 0 Å². The SMILES string of the molecule is Cc1nn(C)c(C)c1CNCc1cn(CCCO)nn1. The predicted molar refractivity (Wildman–Crippen MR) is 75.0 cm³/mol. The third kappa shape index (κ3) is 3.43. The van der Waals surface area contributed by atoms with Crippen LogP contribution in [0.25, 0.3) is 0 Å². The third-order valence-electron chi connectivity index (χ3n) is 3.40. The average Bonchev–Trinajstić information content (AvgIpc) is 2.96. The number of aliphatic hydroxyl groups is 1. The van der Waals surface area contributed by atoms with Crippen molar-refractivity contribution in [2.24, 2.45) is 7.05 Å². The molecule has 0 fully saturated rings. The Morgan fingerprint density at radius 3 is 2.75 bits per heavy atom. The number of hydrogen-bond acceptors (Lipinski definition) is 5. The maximum atomic E-state index is 8.77. The number of aryl methyl sites for hydroxylation is 3. The first kappa shape index (κ1) is 14.7. The lowest BCUT2D eigenvalue weighted by molar-refractivity contribution is 0.276. The molecule has 0 saturated heterocycles. The van der Waals surface area contributed by atoms with Gasteiger partial charge in [0.05, 0.1) is 11.4 Å². The molecule has 2 aromatic rings. The minimum Gasteiger partial charge on any atom is -0.396 e. The second-order valence-electron chi connectivity index (χ2n) is 4.93. The van der Waals surface area contributed by atoms with Gasteiger partial charge in [-0.3, -0.25) is 9.36 Å². The van der Waals surface area contributed by atoms with Gasteiger partial charge in [-0.2, -0.15) is 5.10 Å². The summed E-state index contributed by atoms with van der Waals surface area (Å²) < 4.78 is 3.66. The second kappa shape index (κ2) is 6.62. The largest absolute Gasteiger partial charge is 0.396 e. The predicted octanol–water partition coefficient (Wildman–Crippen LogP) is 0.301. The zero-order valence-corrected chi connectivity index (χ0v) is 12.3. The molecule has 0 aliphatic rings. The van der Waals surface area contributed by atoms with Gasteiger partial charge in [0.2, 0.25) is 0 Å². The highest BCUT2D eigenvalue weighted by Gasteiger charge is 2.09. The van der Waals surface area contributed by atoms with Crippen molar-refractivity contribution in [2.45, 2.75) is 39.9 Å². The van der Waals surface area contributed by atoms with E-state index in [1.54, 1.807) is 4.68 Å². The smallest absolute Gasteiger partial charge is 0.0964 e. The topological polar surface area (TPSA) is 80.8 Å². The molecule has 20 heavy (non-hydrogen) atoms. The monoisotopic (exact) mass is 278 g/mol. The first-order chi connectivity index (χ1) is 9.61. The maximum absolute atomic E-state index is 8.77. The fraction of sp³-hybridized carbons (Fsp3) is 0.615. The van der Waals surface area contributed by atoms with E-state index in [-0.39, 0.29) is 6.61 Å². The van der Waals surface area contributed by atoms with Crippen LogP contribution >= 0.6 is 0 Å². The van der Waals surface area contributed by atoms with Crippen LogP contribution in [0.4, 0.5) is 0 Å². The number of hydrogen-bond donors (Lipinski definition) is 2. The lowest BCUT2D eigenvalue weighted by atomic mass is 10.2. The Morgan fingerprint density at radius 2 is 2.10 bits per heavy atom. The molecule has 0 atom stereocenters. The van der Waals surface area contributed by atoms with Crippen molar-refractivity contribution in [1.29, 1.82) is 0 Å². The van der Waals surface area contributed by atoms with Crippen LogP contribution in [-0.4, -0.2) is 36.5 Å². The van der Waals surface area contributed by atoms with Gasteiger partial charge in [0, 0.05) is 50.7 Å². The fourth-order valence-corrected chi connectivity index (χ4v) is 2.15. The maximum Gasteiger partial charge on any atom is 0.0964 e. The second-order valence-corrected chi connectivity index (χ2v) is 4.93. The van der Waals surface area contributed by atoms with Crippen molar-refractivity contribution in [3.05, 3.63) is 28.8 Å². The molecule has 2 aromatic heterocycles. The van der Waals surface area contributed by atoms with Gasteiger partial charge >= 0.3 is 0 Å². The molecule has 0 saturated carbocycles. The van der Waals surface area contributed by atoms with Gasteiger partial charge in [0.25, 0.3) is 0 Å². The lowest BCUT2D eigenvalue weighted by Crippen LogP contribution is -2.14. The molecule has 7 nitrogen and oxygen atoms in total. The summed E-state index contributed by atoms with van der Waals surface area (Å²) >= 11 is 0. The van der Waals surface area contributed by atoms with Gasteiger partial charge in [-0.15, -0.1) is 5.10 Å². The summed E-state index contributed by atoms with van der Waals surface area (Å²) in [5.74, 6) is 0. The van der Waals surface area contributed by atoms with E-state index >= 15 is 0 Å². The molecule has 2 rings (SSSR count). The Hall–Kier alpha value is -1.73. The molecule has 0 amide bonds. The lowest BCUT2D eigenvalue weighted by Gasteiger charge is -2.03. The van der Waals surface area contributed by atoms with Crippen LogP contribution in [-0.2, 0) is 26.7 Å². The van der Waals surface area contributed by atoms with Crippen molar-refractivity contribution in [2.75, 3.05) is 6.61 Å². The number of aromatic nitrogens is 5. The van der Waals surface area contributed by atoms with Crippen molar-refractivity contribution >= 4 is 0 Å². The molecule has 0 radical (unpaired) electrons. The van der Waals surface area contributed by atoms with Crippen molar-refractivity contribution in [1.82, 2.24) is 30.1 Å². The Labute approximate surface area is 118 Å². The van der Waals surface area contributed by atoms with Crippen LogP contribution in [0.15, 0.2) is 6.20 Å². The molecule has 110 valence electrons. The summed E-state index contributed by atoms with van der Waals surface area (Å²) in [6, 6.07) is 0. The van der Waals surface area contributed by atoms with E-state index < -0.39 is 0 Å². The molecule has 0 aromatic carbocycles. The van der Waals surface area contributed by atoms with Gasteiger partial charge in [-0.1, -0.05) is 5.21 Å². The summed E-state index contributed by atoms with van der Waals surface area (Å²) in [5.41, 5.74) is 4.38. The van der Waals surface area contributed by atoms with Crippen LogP contribution in [0.3, 0.4) is 0 Å². The summed E-state index contributed by atoms with van der Waals surface area (Å²) in [6.45, 7) is 6.41. The average molecular weight is 278 g/mol. The van der Waals surface area contributed by atoms with Gasteiger partial charge in [-0.05, 0) is 20.3 Å². The minimum absolute atomic E-state index is 0.174. The van der Waals surface area contributed by atoms with Gasteiger partial charge < -0.3 is 10.4 Å². The first-order valence-corrected chi connectivity index (χ1v) is 6.81. The Balaban J connectivity index is 1.85. The summed E-state index contributed by atoms with van der Waals surface area (Å²) in [7, 11) is 1.96. The quantitative estimate of drug-likeness (QED) is 0.761. The van der Waals surface area contributed by atoms with E-state index in [1.165, 1.54) is 11.3 Å². The number of aliphatic hydroxyl groups excluding tert-OH is 1. The molecule has 0 bridgehead atoms. The summed E-state index contributed by atoms with van der Waals surface area (Å²) in [5, 5.41) is 24.6. The van der Waals surface area contributed by atoms with E-state index in [2.05, 4.69) is 27.7 Å². The number of nitrogens with zero attached hydrogens (tertiary/aromatic N) is 5. The fourth-order valence-electron chi connectivity index (χ4n) is 2.15.